The standard InChI is InChI=1S/C22H26FN3O3/c1-28-18-8-3-6-16(19(18)29-2)14-25-12-5-9-22(21(25)27)10-13-26(15-22)20-17(23)7-4-11-24-20/h3-4,6-8,11H,5,9-10,12-15H2,1-2H3/t22-/m1/s1. The second-order valence-electron chi connectivity index (χ2n) is 7.74. The van der Waals surface area contributed by atoms with Gasteiger partial charge in [0.2, 0.25) is 5.91 Å². The zero-order valence-electron chi connectivity index (χ0n) is 16.9. The molecular formula is C22H26FN3O3. The minimum absolute atomic E-state index is 0.132. The molecule has 0 radical (unpaired) electrons. The maximum Gasteiger partial charge on any atom is 0.230 e. The van der Waals surface area contributed by atoms with Crippen molar-refractivity contribution in [1.29, 1.82) is 0 Å². The first-order valence-corrected chi connectivity index (χ1v) is 9.93. The zero-order valence-corrected chi connectivity index (χ0v) is 16.9. The summed E-state index contributed by atoms with van der Waals surface area (Å²) in [5.74, 6) is 1.44. The molecule has 0 N–H and O–H groups in total. The van der Waals surface area contributed by atoms with Crippen LogP contribution in [0, 0.1) is 11.2 Å². The Hall–Kier alpha value is -2.83. The number of anilines is 1. The fourth-order valence-corrected chi connectivity index (χ4v) is 4.63. The molecule has 1 aromatic heterocycles. The van der Waals surface area contributed by atoms with Crippen LogP contribution in [0.25, 0.3) is 0 Å². The van der Waals surface area contributed by atoms with Crippen molar-refractivity contribution in [3.05, 3.63) is 47.9 Å². The number of carbonyl (C=O) groups is 1. The van der Waals surface area contributed by atoms with Gasteiger partial charge in [-0.05, 0) is 37.5 Å². The number of likely N-dealkylation sites (tertiary alicyclic amines) is 1. The molecule has 0 aliphatic carbocycles. The van der Waals surface area contributed by atoms with Crippen LogP contribution in [0.3, 0.4) is 0 Å². The van der Waals surface area contributed by atoms with Crippen LogP contribution < -0.4 is 14.4 Å². The van der Waals surface area contributed by atoms with Crippen molar-refractivity contribution < 1.29 is 18.7 Å². The predicted molar refractivity (Wildman–Crippen MR) is 108 cm³/mol. The van der Waals surface area contributed by atoms with E-state index in [-0.39, 0.29) is 11.7 Å². The first-order valence-electron chi connectivity index (χ1n) is 9.93. The largest absolute Gasteiger partial charge is 0.493 e. The second-order valence-corrected chi connectivity index (χ2v) is 7.74. The van der Waals surface area contributed by atoms with E-state index in [0.717, 1.165) is 18.4 Å². The maximum atomic E-state index is 14.2. The van der Waals surface area contributed by atoms with Gasteiger partial charge < -0.3 is 19.3 Å². The predicted octanol–water partition coefficient (Wildman–Crippen LogP) is 3.26. The number of rotatable bonds is 5. The van der Waals surface area contributed by atoms with E-state index in [4.69, 9.17) is 9.47 Å². The number of amides is 1. The fraction of sp³-hybridized carbons (Fsp3) is 0.455. The lowest BCUT2D eigenvalue weighted by Gasteiger charge is -2.39. The van der Waals surface area contributed by atoms with Gasteiger partial charge in [-0.1, -0.05) is 12.1 Å². The fourth-order valence-electron chi connectivity index (χ4n) is 4.63. The number of halogens is 1. The van der Waals surface area contributed by atoms with E-state index in [1.165, 1.54) is 6.07 Å². The highest BCUT2D eigenvalue weighted by molar-refractivity contribution is 5.85. The topological polar surface area (TPSA) is 54.9 Å². The van der Waals surface area contributed by atoms with Gasteiger partial charge >= 0.3 is 0 Å². The number of carbonyl (C=O) groups excluding carboxylic acids is 1. The Balaban J connectivity index is 1.54. The molecule has 3 heterocycles. The van der Waals surface area contributed by atoms with Crippen molar-refractivity contribution in [3.63, 3.8) is 0 Å². The number of ether oxygens (including phenoxy) is 2. The SMILES string of the molecule is COc1cccc(CN2CCC[C@]3(CCN(c4ncccc4F)C3)C2=O)c1OC. The quantitative estimate of drug-likeness (QED) is 0.773. The van der Waals surface area contributed by atoms with Gasteiger partial charge in [0.1, 0.15) is 0 Å². The second kappa shape index (κ2) is 7.89. The molecule has 1 spiro atoms. The van der Waals surface area contributed by atoms with Crippen LogP contribution in [-0.2, 0) is 11.3 Å². The summed E-state index contributed by atoms with van der Waals surface area (Å²) in [6.07, 6.45) is 4.06. The highest BCUT2D eigenvalue weighted by atomic mass is 19.1. The average Bonchev–Trinajstić information content (AvgIpc) is 3.16. The molecule has 154 valence electrons. The third-order valence-corrected chi connectivity index (χ3v) is 6.06. The molecule has 29 heavy (non-hydrogen) atoms. The molecule has 1 atom stereocenters. The molecule has 0 bridgehead atoms. The van der Waals surface area contributed by atoms with E-state index in [9.17, 15) is 9.18 Å². The Morgan fingerprint density at radius 2 is 2.00 bits per heavy atom. The number of nitrogens with zero attached hydrogens (tertiary/aromatic N) is 3. The number of hydrogen-bond donors (Lipinski definition) is 0. The number of piperidine rings is 1. The highest BCUT2D eigenvalue weighted by Crippen LogP contribution is 2.42. The molecule has 2 aliphatic heterocycles. The Kier molecular flexibility index (Phi) is 5.30. The minimum Gasteiger partial charge on any atom is -0.493 e. The molecule has 0 unspecified atom stereocenters. The molecule has 1 amide bonds. The lowest BCUT2D eigenvalue weighted by atomic mass is 9.78. The summed E-state index contributed by atoms with van der Waals surface area (Å²) in [7, 11) is 3.21. The summed E-state index contributed by atoms with van der Waals surface area (Å²) in [4.78, 5) is 21.5. The average molecular weight is 399 g/mol. The number of aromatic nitrogens is 1. The Morgan fingerprint density at radius 1 is 1.14 bits per heavy atom. The van der Waals surface area contributed by atoms with Crippen LogP contribution >= 0.6 is 0 Å². The summed E-state index contributed by atoms with van der Waals surface area (Å²) in [6, 6.07) is 8.71. The van der Waals surface area contributed by atoms with Gasteiger partial charge in [0.05, 0.1) is 19.6 Å². The van der Waals surface area contributed by atoms with E-state index >= 15 is 0 Å². The number of benzene rings is 1. The Labute approximate surface area is 170 Å². The third-order valence-electron chi connectivity index (χ3n) is 6.06. The minimum atomic E-state index is -0.478. The van der Waals surface area contributed by atoms with Crippen molar-refractivity contribution in [2.24, 2.45) is 5.41 Å². The first kappa shape index (κ1) is 19.5. The summed E-state index contributed by atoms with van der Waals surface area (Å²) in [5.41, 5.74) is 0.441. The van der Waals surface area contributed by atoms with Gasteiger partial charge in [0.15, 0.2) is 23.1 Å². The number of hydrogen-bond acceptors (Lipinski definition) is 5. The maximum absolute atomic E-state index is 14.2. The molecule has 4 rings (SSSR count). The van der Waals surface area contributed by atoms with Crippen molar-refractivity contribution in [2.45, 2.75) is 25.8 Å². The van der Waals surface area contributed by atoms with Gasteiger partial charge in [-0.3, -0.25) is 4.79 Å². The number of methoxy groups -OCH3 is 2. The molecule has 2 saturated heterocycles. The van der Waals surface area contributed by atoms with Crippen LogP contribution in [0.2, 0.25) is 0 Å². The molecule has 6 nitrogen and oxygen atoms in total. The normalized spacial score (nSPS) is 21.7. The summed E-state index contributed by atoms with van der Waals surface area (Å²) in [5, 5.41) is 0. The molecule has 2 aromatic rings. The Bertz CT molecular complexity index is 907. The van der Waals surface area contributed by atoms with Gasteiger partial charge in [0.25, 0.3) is 0 Å². The lowest BCUT2D eigenvalue weighted by Crippen LogP contribution is -2.49. The van der Waals surface area contributed by atoms with Gasteiger partial charge in [-0.15, -0.1) is 0 Å². The van der Waals surface area contributed by atoms with Crippen molar-refractivity contribution in [3.8, 4) is 11.5 Å². The van der Waals surface area contributed by atoms with Crippen LogP contribution in [-0.4, -0.2) is 49.6 Å². The monoisotopic (exact) mass is 399 g/mol. The number of pyridine rings is 1. The van der Waals surface area contributed by atoms with Gasteiger partial charge in [-0.25, -0.2) is 9.37 Å². The molecule has 2 aliphatic rings. The Morgan fingerprint density at radius 3 is 2.76 bits per heavy atom. The van der Waals surface area contributed by atoms with Crippen LogP contribution in [0.5, 0.6) is 11.5 Å². The van der Waals surface area contributed by atoms with E-state index in [1.54, 1.807) is 26.5 Å². The van der Waals surface area contributed by atoms with E-state index in [1.807, 2.05) is 28.0 Å². The summed E-state index contributed by atoms with van der Waals surface area (Å²) >= 11 is 0. The molecule has 1 aromatic carbocycles. The van der Waals surface area contributed by atoms with E-state index in [0.29, 0.717) is 49.9 Å². The number of para-hydroxylation sites is 1. The summed E-state index contributed by atoms with van der Waals surface area (Å²) in [6.45, 7) is 2.32. The molecular weight excluding hydrogens is 373 g/mol. The molecule has 7 heteroatoms. The smallest absolute Gasteiger partial charge is 0.230 e. The van der Waals surface area contributed by atoms with Crippen LogP contribution in [0.4, 0.5) is 10.2 Å². The van der Waals surface area contributed by atoms with E-state index < -0.39 is 5.41 Å². The lowest BCUT2D eigenvalue weighted by molar-refractivity contribution is -0.145. The summed E-state index contributed by atoms with van der Waals surface area (Å²) < 4.78 is 25.1. The zero-order chi connectivity index (χ0) is 20.4. The van der Waals surface area contributed by atoms with Crippen molar-refractivity contribution >= 4 is 11.7 Å². The highest BCUT2D eigenvalue weighted by Gasteiger charge is 2.49. The first-order chi connectivity index (χ1) is 14.1. The van der Waals surface area contributed by atoms with Gasteiger partial charge in [-0.2, -0.15) is 0 Å². The van der Waals surface area contributed by atoms with E-state index in [2.05, 4.69) is 4.98 Å². The van der Waals surface area contributed by atoms with Crippen LogP contribution in [0.15, 0.2) is 36.5 Å². The van der Waals surface area contributed by atoms with Crippen LogP contribution in [0.1, 0.15) is 24.8 Å². The molecule has 2 fully saturated rings. The third kappa shape index (κ3) is 3.50. The van der Waals surface area contributed by atoms with Crippen molar-refractivity contribution in [2.75, 3.05) is 38.8 Å². The van der Waals surface area contributed by atoms with Gasteiger partial charge in [0, 0.05) is 37.9 Å². The van der Waals surface area contributed by atoms with Crippen molar-refractivity contribution in [1.82, 2.24) is 9.88 Å². The molecule has 0 saturated carbocycles.